The number of aromatic hydroxyl groups is 1. The van der Waals surface area contributed by atoms with Gasteiger partial charge in [0.2, 0.25) is 0 Å². The summed E-state index contributed by atoms with van der Waals surface area (Å²) in [5.41, 5.74) is 2.05. The Morgan fingerprint density at radius 1 is 1.24 bits per heavy atom. The van der Waals surface area contributed by atoms with Gasteiger partial charge >= 0.3 is 0 Å². The number of aliphatic imine (C=N–C) groups is 1. The fourth-order valence-corrected chi connectivity index (χ4v) is 4.17. The molecule has 8 heteroatoms. The van der Waals surface area contributed by atoms with Gasteiger partial charge in [0.25, 0.3) is 0 Å². The molecule has 29 heavy (non-hydrogen) atoms. The molecule has 1 aromatic heterocycles. The lowest BCUT2D eigenvalue weighted by Gasteiger charge is -2.37. The van der Waals surface area contributed by atoms with Crippen molar-refractivity contribution >= 4 is 47.0 Å². The first-order chi connectivity index (χ1) is 13.6. The summed E-state index contributed by atoms with van der Waals surface area (Å²) in [6.07, 6.45) is 0.871. The van der Waals surface area contributed by atoms with Gasteiger partial charge in [0.05, 0.1) is 16.4 Å². The standard InChI is InChI=1S/C21H31N5OS.HI/c1-4-22-21(23-10-9-17-15-28-20(24-17)16(2)3)26-13-11-25(12-14-26)18-7-5-6-8-19(18)27;/h5-8,15-16,27H,4,9-14H2,1-3H3,(H,22,23);1H. The number of guanidine groups is 1. The van der Waals surface area contributed by atoms with Gasteiger partial charge in [-0.05, 0) is 19.1 Å². The first-order valence-electron chi connectivity index (χ1n) is 10.1. The lowest BCUT2D eigenvalue weighted by molar-refractivity contribution is 0.370. The minimum absolute atomic E-state index is 0. The van der Waals surface area contributed by atoms with Gasteiger partial charge in [0, 0.05) is 57.0 Å². The highest BCUT2D eigenvalue weighted by molar-refractivity contribution is 14.0. The number of hydrogen-bond donors (Lipinski definition) is 2. The number of piperazine rings is 1. The van der Waals surface area contributed by atoms with Crippen molar-refractivity contribution in [3.63, 3.8) is 0 Å². The third-order valence-electron chi connectivity index (χ3n) is 4.83. The van der Waals surface area contributed by atoms with Crippen LogP contribution in [0.1, 0.15) is 37.4 Å². The second kappa shape index (κ2) is 11.6. The van der Waals surface area contributed by atoms with Crippen LogP contribution in [-0.4, -0.2) is 60.2 Å². The molecule has 0 radical (unpaired) electrons. The van der Waals surface area contributed by atoms with E-state index >= 15 is 0 Å². The zero-order valence-corrected chi connectivity index (χ0v) is 20.6. The van der Waals surface area contributed by atoms with Gasteiger partial charge in [-0.15, -0.1) is 35.3 Å². The summed E-state index contributed by atoms with van der Waals surface area (Å²) in [7, 11) is 0. The monoisotopic (exact) mass is 529 g/mol. The number of aromatic nitrogens is 1. The Hall–Kier alpha value is -1.55. The molecule has 0 aliphatic carbocycles. The first kappa shape index (κ1) is 23.7. The van der Waals surface area contributed by atoms with Crippen LogP contribution < -0.4 is 10.2 Å². The number of hydrogen-bond acceptors (Lipinski definition) is 5. The van der Waals surface area contributed by atoms with Crippen LogP contribution in [0.25, 0.3) is 0 Å². The molecule has 2 N–H and O–H groups in total. The maximum atomic E-state index is 10.1. The Morgan fingerprint density at radius 3 is 2.59 bits per heavy atom. The largest absolute Gasteiger partial charge is 0.506 e. The van der Waals surface area contributed by atoms with Crippen molar-refractivity contribution in [3.8, 4) is 5.75 Å². The average molecular weight is 529 g/mol. The maximum Gasteiger partial charge on any atom is 0.194 e. The summed E-state index contributed by atoms with van der Waals surface area (Å²) in [6, 6.07) is 7.55. The number of phenols is 1. The van der Waals surface area contributed by atoms with Crippen LogP contribution >= 0.6 is 35.3 Å². The lowest BCUT2D eigenvalue weighted by Crippen LogP contribution is -2.52. The summed E-state index contributed by atoms with van der Waals surface area (Å²) in [4.78, 5) is 14.1. The van der Waals surface area contributed by atoms with E-state index in [4.69, 9.17) is 9.98 Å². The molecule has 0 saturated carbocycles. The van der Waals surface area contributed by atoms with Crippen molar-refractivity contribution in [2.24, 2.45) is 4.99 Å². The molecule has 0 spiro atoms. The Balaban J connectivity index is 0.00000300. The molecule has 1 aliphatic rings. The smallest absolute Gasteiger partial charge is 0.194 e. The van der Waals surface area contributed by atoms with Crippen LogP contribution in [0.5, 0.6) is 5.75 Å². The molecular formula is C21H32IN5OS. The van der Waals surface area contributed by atoms with E-state index in [9.17, 15) is 5.11 Å². The Bertz CT molecular complexity index is 787. The predicted molar refractivity (Wildman–Crippen MR) is 133 cm³/mol. The molecule has 2 aromatic rings. The molecule has 0 bridgehead atoms. The predicted octanol–water partition coefficient (Wildman–Crippen LogP) is 3.92. The van der Waals surface area contributed by atoms with Gasteiger partial charge in [0.15, 0.2) is 5.96 Å². The summed E-state index contributed by atoms with van der Waals surface area (Å²) in [5.74, 6) is 1.80. The van der Waals surface area contributed by atoms with Gasteiger partial charge in [-0.2, -0.15) is 0 Å². The SMILES string of the molecule is CCNC(=NCCc1csc(C(C)C)n1)N1CCN(c2ccccc2O)CC1.I. The molecular weight excluding hydrogens is 497 g/mol. The van der Waals surface area contributed by atoms with Crippen LogP contribution in [0.2, 0.25) is 0 Å². The molecule has 0 atom stereocenters. The minimum atomic E-state index is 0. The molecule has 2 heterocycles. The van der Waals surface area contributed by atoms with Gasteiger partial charge in [0.1, 0.15) is 5.75 Å². The normalized spacial score (nSPS) is 14.8. The molecule has 1 fully saturated rings. The quantitative estimate of drug-likeness (QED) is 0.338. The summed E-state index contributed by atoms with van der Waals surface area (Å²) in [5, 5.41) is 16.9. The molecule has 0 amide bonds. The number of anilines is 1. The highest BCUT2D eigenvalue weighted by Crippen LogP contribution is 2.27. The molecule has 6 nitrogen and oxygen atoms in total. The van der Waals surface area contributed by atoms with Gasteiger partial charge in [-0.3, -0.25) is 4.99 Å². The third kappa shape index (κ3) is 6.47. The molecule has 1 saturated heterocycles. The summed E-state index contributed by atoms with van der Waals surface area (Å²) >= 11 is 1.74. The van der Waals surface area contributed by atoms with E-state index in [1.54, 1.807) is 17.4 Å². The zero-order valence-electron chi connectivity index (χ0n) is 17.5. The summed E-state index contributed by atoms with van der Waals surface area (Å²) < 4.78 is 0. The molecule has 1 aliphatic heterocycles. The molecule has 3 rings (SSSR count). The number of thiazole rings is 1. The first-order valence-corrected chi connectivity index (χ1v) is 11.0. The third-order valence-corrected chi connectivity index (χ3v) is 6.02. The molecule has 160 valence electrons. The van der Waals surface area contributed by atoms with Crippen molar-refractivity contribution in [1.82, 2.24) is 15.2 Å². The molecule has 0 unspecified atom stereocenters. The maximum absolute atomic E-state index is 10.1. The van der Waals surface area contributed by atoms with Crippen LogP contribution in [0.4, 0.5) is 5.69 Å². The van der Waals surface area contributed by atoms with Gasteiger partial charge in [-0.25, -0.2) is 4.98 Å². The number of phenolic OH excluding ortho intramolecular Hbond substituents is 1. The second-order valence-electron chi connectivity index (χ2n) is 7.28. The van der Waals surface area contributed by atoms with E-state index in [1.807, 2.05) is 18.2 Å². The van der Waals surface area contributed by atoms with Crippen LogP contribution in [0.3, 0.4) is 0 Å². The fourth-order valence-electron chi connectivity index (χ4n) is 3.30. The van der Waals surface area contributed by atoms with Crippen molar-refractivity contribution < 1.29 is 5.11 Å². The second-order valence-corrected chi connectivity index (χ2v) is 8.17. The van der Waals surface area contributed by atoms with E-state index in [0.717, 1.165) is 63.0 Å². The Labute approximate surface area is 195 Å². The van der Waals surface area contributed by atoms with E-state index in [2.05, 4.69) is 41.3 Å². The number of rotatable bonds is 6. The van der Waals surface area contributed by atoms with Crippen molar-refractivity contribution in [2.75, 3.05) is 44.2 Å². The minimum Gasteiger partial charge on any atom is -0.506 e. The summed E-state index contributed by atoms with van der Waals surface area (Å²) in [6.45, 7) is 11.6. The van der Waals surface area contributed by atoms with E-state index in [-0.39, 0.29) is 24.0 Å². The zero-order chi connectivity index (χ0) is 19.9. The Morgan fingerprint density at radius 2 is 1.97 bits per heavy atom. The van der Waals surface area contributed by atoms with Gasteiger partial charge in [-0.1, -0.05) is 26.0 Å². The van der Waals surface area contributed by atoms with Crippen LogP contribution in [0.15, 0.2) is 34.6 Å². The number of benzene rings is 1. The number of para-hydroxylation sites is 2. The topological polar surface area (TPSA) is 64.0 Å². The van der Waals surface area contributed by atoms with E-state index in [0.29, 0.717) is 11.7 Å². The highest BCUT2D eigenvalue weighted by Gasteiger charge is 2.21. The van der Waals surface area contributed by atoms with Crippen LogP contribution in [-0.2, 0) is 6.42 Å². The molecule has 1 aromatic carbocycles. The van der Waals surface area contributed by atoms with E-state index < -0.39 is 0 Å². The fraction of sp³-hybridized carbons (Fsp3) is 0.524. The van der Waals surface area contributed by atoms with E-state index in [1.165, 1.54) is 5.01 Å². The van der Waals surface area contributed by atoms with Crippen molar-refractivity contribution in [2.45, 2.75) is 33.1 Å². The van der Waals surface area contributed by atoms with Gasteiger partial charge < -0.3 is 20.2 Å². The highest BCUT2D eigenvalue weighted by atomic mass is 127. The average Bonchev–Trinajstić information content (AvgIpc) is 3.17. The number of nitrogens with zero attached hydrogens (tertiary/aromatic N) is 4. The number of halogens is 1. The lowest BCUT2D eigenvalue weighted by atomic mass is 10.2. The number of nitrogens with one attached hydrogen (secondary N) is 1. The van der Waals surface area contributed by atoms with Crippen LogP contribution in [0, 0.1) is 0 Å². The Kier molecular flexibility index (Phi) is 9.48. The van der Waals surface area contributed by atoms with Crippen molar-refractivity contribution in [1.29, 1.82) is 0 Å². The van der Waals surface area contributed by atoms with Crippen molar-refractivity contribution in [3.05, 3.63) is 40.3 Å².